The summed E-state index contributed by atoms with van der Waals surface area (Å²) < 4.78 is 15.8. The summed E-state index contributed by atoms with van der Waals surface area (Å²) in [5.74, 6) is -1.01. The Kier molecular flexibility index (Phi) is 4.86. The van der Waals surface area contributed by atoms with Crippen molar-refractivity contribution >= 4 is 28.4 Å². The maximum absolute atomic E-state index is 13.8. The van der Waals surface area contributed by atoms with Crippen molar-refractivity contribution in [3.05, 3.63) is 65.6 Å². The molecule has 1 aliphatic rings. The number of hydrogen-bond donors (Lipinski definition) is 1. The average Bonchev–Trinajstić information content (AvgIpc) is 3.35. The summed E-state index contributed by atoms with van der Waals surface area (Å²) >= 11 is 0. The number of carbonyl (C=O) groups is 2. The normalized spacial score (nSPS) is 13.9. The van der Waals surface area contributed by atoms with Crippen molar-refractivity contribution in [2.45, 2.75) is 26.3 Å². The number of halogens is 1. The van der Waals surface area contributed by atoms with Gasteiger partial charge in [0.1, 0.15) is 11.5 Å². The molecule has 6 heteroatoms. The molecule has 0 atom stereocenters. The third-order valence-corrected chi connectivity index (χ3v) is 5.21. The number of carbonyl (C=O) groups excluding carboxylic acids is 2. The molecule has 2 amide bonds. The molecule has 0 spiro atoms. The van der Waals surface area contributed by atoms with Gasteiger partial charge in [-0.1, -0.05) is 12.1 Å². The van der Waals surface area contributed by atoms with E-state index in [2.05, 4.69) is 5.32 Å². The molecule has 0 unspecified atom stereocenters. The largest absolute Gasteiger partial charge is 0.337 e. The lowest BCUT2D eigenvalue weighted by atomic mass is 10.2. The highest BCUT2D eigenvalue weighted by Gasteiger charge is 2.23. The molecule has 5 nitrogen and oxygen atoms in total. The summed E-state index contributed by atoms with van der Waals surface area (Å²) in [6.45, 7) is 4.29. The minimum atomic E-state index is -0.559. The molecular weight excluding hydrogens is 357 g/mol. The highest BCUT2D eigenvalue weighted by Crippen LogP contribution is 2.26. The van der Waals surface area contributed by atoms with Crippen LogP contribution in [-0.2, 0) is 6.54 Å². The van der Waals surface area contributed by atoms with E-state index in [1.807, 2.05) is 34.6 Å². The quantitative estimate of drug-likeness (QED) is 0.735. The van der Waals surface area contributed by atoms with Gasteiger partial charge in [-0.3, -0.25) is 9.59 Å². The molecule has 1 aliphatic heterocycles. The lowest BCUT2D eigenvalue weighted by Gasteiger charge is -2.16. The second kappa shape index (κ2) is 7.46. The van der Waals surface area contributed by atoms with Gasteiger partial charge in [0.2, 0.25) is 0 Å². The number of benzene rings is 2. The Morgan fingerprint density at radius 2 is 1.82 bits per heavy atom. The number of hydrogen-bond acceptors (Lipinski definition) is 2. The lowest BCUT2D eigenvalue weighted by molar-refractivity contribution is 0.0782. The summed E-state index contributed by atoms with van der Waals surface area (Å²) in [5, 5.41) is 3.61. The predicted molar refractivity (Wildman–Crippen MR) is 107 cm³/mol. The van der Waals surface area contributed by atoms with Crippen LogP contribution < -0.4 is 5.32 Å². The van der Waals surface area contributed by atoms with Gasteiger partial charge in [-0.25, -0.2) is 4.39 Å². The molecule has 2 heterocycles. The highest BCUT2D eigenvalue weighted by atomic mass is 19.1. The second-order valence-corrected chi connectivity index (χ2v) is 6.98. The van der Waals surface area contributed by atoms with E-state index in [-0.39, 0.29) is 11.5 Å². The van der Waals surface area contributed by atoms with Crippen molar-refractivity contribution in [3.63, 3.8) is 0 Å². The Labute approximate surface area is 162 Å². The molecule has 1 aromatic heterocycles. The monoisotopic (exact) mass is 379 g/mol. The zero-order valence-corrected chi connectivity index (χ0v) is 15.7. The number of rotatable bonds is 4. The average molecular weight is 379 g/mol. The van der Waals surface area contributed by atoms with E-state index in [4.69, 9.17) is 0 Å². The molecule has 0 saturated carbocycles. The lowest BCUT2D eigenvalue weighted by Crippen LogP contribution is -2.29. The molecule has 1 saturated heterocycles. The van der Waals surface area contributed by atoms with Gasteiger partial charge >= 0.3 is 0 Å². The molecule has 2 aromatic carbocycles. The second-order valence-electron chi connectivity index (χ2n) is 6.98. The molecule has 144 valence electrons. The molecule has 4 rings (SSSR count). The van der Waals surface area contributed by atoms with Gasteiger partial charge < -0.3 is 14.8 Å². The van der Waals surface area contributed by atoms with Gasteiger partial charge in [0.25, 0.3) is 11.8 Å². The van der Waals surface area contributed by atoms with Gasteiger partial charge in [-0.2, -0.15) is 0 Å². The first-order valence-electron chi connectivity index (χ1n) is 9.57. The summed E-state index contributed by atoms with van der Waals surface area (Å²) in [5.41, 5.74) is 2.17. The summed E-state index contributed by atoms with van der Waals surface area (Å²) in [7, 11) is 0. The van der Waals surface area contributed by atoms with Gasteiger partial charge in [0, 0.05) is 36.2 Å². The van der Waals surface area contributed by atoms with E-state index >= 15 is 0 Å². The van der Waals surface area contributed by atoms with Crippen molar-refractivity contribution in [1.82, 2.24) is 9.47 Å². The van der Waals surface area contributed by atoms with Gasteiger partial charge in [-0.05, 0) is 56.2 Å². The number of nitrogens with one attached hydrogen (secondary N) is 1. The van der Waals surface area contributed by atoms with Crippen LogP contribution in [0.15, 0.2) is 48.5 Å². The Bertz CT molecular complexity index is 1050. The molecule has 1 N–H and O–H groups in total. The number of amides is 2. The van der Waals surface area contributed by atoms with E-state index in [0.29, 0.717) is 17.9 Å². The first-order valence-corrected chi connectivity index (χ1v) is 9.57. The zero-order chi connectivity index (χ0) is 19.7. The van der Waals surface area contributed by atoms with Crippen molar-refractivity contribution in [1.29, 1.82) is 0 Å². The number of likely N-dealkylation sites (tertiary alicyclic amines) is 1. The van der Waals surface area contributed by atoms with Crippen LogP contribution in [0.5, 0.6) is 0 Å². The van der Waals surface area contributed by atoms with E-state index in [1.54, 1.807) is 18.2 Å². The highest BCUT2D eigenvalue weighted by molar-refractivity contribution is 6.06. The molecule has 28 heavy (non-hydrogen) atoms. The van der Waals surface area contributed by atoms with Crippen molar-refractivity contribution in [2.24, 2.45) is 0 Å². The van der Waals surface area contributed by atoms with E-state index in [0.717, 1.165) is 36.8 Å². The minimum Gasteiger partial charge on any atom is -0.337 e. The van der Waals surface area contributed by atoms with Crippen molar-refractivity contribution in [3.8, 4) is 0 Å². The Balaban J connectivity index is 1.64. The first-order chi connectivity index (χ1) is 13.6. The Morgan fingerprint density at radius 3 is 2.54 bits per heavy atom. The topological polar surface area (TPSA) is 54.3 Å². The van der Waals surface area contributed by atoms with E-state index in [1.165, 1.54) is 12.1 Å². The molecule has 0 aliphatic carbocycles. The summed E-state index contributed by atoms with van der Waals surface area (Å²) in [4.78, 5) is 27.1. The molecular formula is C22H22FN3O2. The van der Waals surface area contributed by atoms with Crippen LogP contribution in [0.3, 0.4) is 0 Å². The van der Waals surface area contributed by atoms with E-state index < -0.39 is 11.7 Å². The molecule has 0 bridgehead atoms. The molecule has 1 fully saturated rings. The van der Waals surface area contributed by atoms with Crippen LogP contribution >= 0.6 is 0 Å². The van der Waals surface area contributed by atoms with Gasteiger partial charge in [0.15, 0.2) is 0 Å². The summed E-state index contributed by atoms with van der Waals surface area (Å²) in [6.07, 6.45) is 2.09. The Hall–Kier alpha value is -3.15. The van der Waals surface area contributed by atoms with Crippen molar-refractivity contribution in [2.75, 3.05) is 18.4 Å². The number of nitrogens with zero attached hydrogens (tertiary/aromatic N) is 2. The van der Waals surface area contributed by atoms with Gasteiger partial charge in [0.05, 0.1) is 5.56 Å². The number of fused-ring (bicyclic) bond motifs is 1. The molecule has 3 aromatic rings. The molecule has 0 radical (unpaired) electrons. The zero-order valence-electron chi connectivity index (χ0n) is 15.7. The van der Waals surface area contributed by atoms with Crippen LogP contribution in [0.2, 0.25) is 0 Å². The van der Waals surface area contributed by atoms with Crippen LogP contribution in [0, 0.1) is 5.82 Å². The Morgan fingerprint density at radius 1 is 1.07 bits per heavy atom. The first kappa shape index (κ1) is 18.2. The van der Waals surface area contributed by atoms with Crippen LogP contribution in [0.4, 0.5) is 10.1 Å². The van der Waals surface area contributed by atoms with Gasteiger partial charge in [-0.15, -0.1) is 0 Å². The third-order valence-electron chi connectivity index (χ3n) is 5.21. The standard InChI is InChI=1S/C22H22FN3O2/c1-2-26-19-10-9-16(24-21(27)17-7-3-4-8-18(17)23)13-15(19)14-20(26)22(28)25-11-5-6-12-25/h3-4,7-10,13-14H,2,5-6,11-12H2,1H3,(H,24,27). The predicted octanol–water partition coefficient (Wildman–Crippen LogP) is 4.29. The van der Waals surface area contributed by atoms with Crippen LogP contribution in [-0.4, -0.2) is 34.4 Å². The SMILES string of the molecule is CCn1c(C(=O)N2CCCC2)cc2cc(NC(=O)c3ccccc3F)ccc21. The maximum Gasteiger partial charge on any atom is 0.270 e. The smallest absolute Gasteiger partial charge is 0.270 e. The third kappa shape index (κ3) is 3.26. The fourth-order valence-corrected chi connectivity index (χ4v) is 3.79. The minimum absolute atomic E-state index is 0.00127. The summed E-state index contributed by atoms with van der Waals surface area (Å²) in [6, 6.07) is 13.2. The maximum atomic E-state index is 13.8. The van der Waals surface area contributed by atoms with Crippen molar-refractivity contribution < 1.29 is 14.0 Å². The fraction of sp³-hybridized carbons (Fsp3) is 0.273. The number of anilines is 1. The number of aryl methyl sites for hydroxylation is 1. The number of aromatic nitrogens is 1. The van der Waals surface area contributed by atoms with Crippen LogP contribution in [0.25, 0.3) is 10.9 Å². The van der Waals surface area contributed by atoms with Crippen LogP contribution in [0.1, 0.15) is 40.6 Å². The fourth-order valence-electron chi connectivity index (χ4n) is 3.79. The van der Waals surface area contributed by atoms with E-state index in [9.17, 15) is 14.0 Å².